The van der Waals surface area contributed by atoms with Gasteiger partial charge in [-0.15, -0.1) is 0 Å². The van der Waals surface area contributed by atoms with Gasteiger partial charge in [-0.1, -0.05) is 25.5 Å². The van der Waals surface area contributed by atoms with E-state index in [1.54, 1.807) is 18.2 Å². The number of aliphatic carboxylic acids is 1. The fraction of sp³-hybridized carbons (Fsp3) is 0.417. The predicted molar refractivity (Wildman–Crippen MR) is 62.7 cm³/mol. The molecular weight excluding hydrogens is 206 g/mol. The molecule has 0 aliphatic rings. The van der Waals surface area contributed by atoms with Gasteiger partial charge in [0.1, 0.15) is 5.75 Å². The molecule has 0 fully saturated rings. The standard InChI is InChI=1S/C12H17NO3/c1-3-5-9(12(14)15)8-6-4-7-10(16-2)11(8)13/h4,6-7,9H,3,5,13H2,1-2H3,(H,14,15). The molecule has 16 heavy (non-hydrogen) atoms. The van der Waals surface area contributed by atoms with Crippen LogP contribution < -0.4 is 10.5 Å². The third kappa shape index (κ3) is 2.45. The molecule has 0 heterocycles. The van der Waals surface area contributed by atoms with Crippen LogP contribution in [-0.2, 0) is 4.79 Å². The number of anilines is 1. The minimum Gasteiger partial charge on any atom is -0.495 e. The fourth-order valence-corrected chi connectivity index (χ4v) is 1.74. The van der Waals surface area contributed by atoms with Gasteiger partial charge in [-0.2, -0.15) is 0 Å². The number of benzene rings is 1. The molecule has 1 rings (SSSR count). The van der Waals surface area contributed by atoms with Crippen LogP contribution in [0.15, 0.2) is 18.2 Å². The van der Waals surface area contributed by atoms with Crippen LogP contribution in [0.3, 0.4) is 0 Å². The van der Waals surface area contributed by atoms with Gasteiger partial charge in [-0.25, -0.2) is 0 Å². The number of hydrogen-bond donors (Lipinski definition) is 2. The third-order valence-corrected chi connectivity index (χ3v) is 2.57. The number of rotatable bonds is 5. The number of methoxy groups -OCH3 is 1. The largest absolute Gasteiger partial charge is 0.495 e. The second-order valence-electron chi connectivity index (χ2n) is 3.64. The van der Waals surface area contributed by atoms with Crippen molar-refractivity contribution in [1.82, 2.24) is 0 Å². The third-order valence-electron chi connectivity index (χ3n) is 2.57. The predicted octanol–water partition coefficient (Wildman–Crippen LogP) is 2.25. The van der Waals surface area contributed by atoms with Crippen molar-refractivity contribution in [3.8, 4) is 5.75 Å². The molecule has 88 valence electrons. The van der Waals surface area contributed by atoms with E-state index in [-0.39, 0.29) is 0 Å². The van der Waals surface area contributed by atoms with Crippen molar-refractivity contribution in [2.45, 2.75) is 25.7 Å². The van der Waals surface area contributed by atoms with Crippen LogP contribution >= 0.6 is 0 Å². The van der Waals surface area contributed by atoms with E-state index in [1.807, 2.05) is 6.92 Å². The second kappa shape index (κ2) is 5.39. The molecule has 1 atom stereocenters. The maximum absolute atomic E-state index is 11.1. The van der Waals surface area contributed by atoms with Gasteiger partial charge in [0, 0.05) is 0 Å². The minimum atomic E-state index is -0.846. The normalized spacial score (nSPS) is 12.1. The van der Waals surface area contributed by atoms with E-state index < -0.39 is 11.9 Å². The first-order valence-electron chi connectivity index (χ1n) is 5.27. The lowest BCUT2D eigenvalue weighted by molar-refractivity contribution is -0.139. The van der Waals surface area contributed by atoms with Gasteiger partial charge in [-0.3, -0.25) is 4.79 Å². The quantitative estimate of drug-likeness (QED) is 0.751. The van der Waals surface area contributed by atoms with Crippen molar-refractivity contribution in [3.63, 3.8) is 0 Å². The van der Waals surface area contributed by atoms with Gasteiger partial charge in [0.15, 0.2) is 0 Å². The lowest BCUT2D eigenvalue weighted by Gasteiger charge is -2.15. The smallest absolute Gasteiger partial charge is 0.311 e. The molecule has 0 spiro atoms. The van der Waals surface area contributed by atoms with E-state index in [0.29, 0.717) is 23.4 Å². The molecule has 0 bridgehead atoms. The number of hydrogen-bond acceptors (Lipinski definition) is 3. The summed E-state index contributed by atoms with van der Waals surface area (Å²) in [7, 11) is 1.52. The highest BCUT2D eigenvalue weighted by Crippen LogP contribution is 2.32. The van der Waals surface area contributed by atoms with Gasteiger partial charge in [0.2, 0.25) is 0 Å². The van der Waals surface area contributed by atoms with E-state index in [4.69, 9.17) is 15.6 Å². The van der Waals surface area contributed by atoms with E-state index in [2.05, 4.69) is 0 Å². The first kappa shape index (κ1) is 12.4. The molecular formula is C12H17NO3. The number of carbonyl (C=O) groups is 1. The summed E-state index contributed by atoms with van der Waals surface area (Å²) in [5.74, 6) is -0.873. The summed E-state index contributed by atoms with van der Waals surface area (Å²) in [6, 6.07) is 5.23. The van der Waals surface area contributed by atoms with Crippen molar-refractivity contribution in [1.29, 1.82) is 0 Å². The van der Waals surface area contributed by atoms with Crippen molar-refractivity contribution in [2.24, 2.45) is 0 Å². The Morgan fingerprint density at radius 2 is 2.25 bits per heavy atom. The zero-order valence-corrected chi connectivity index (χ0v) is 9.56. The lowest BCUT2D eigenvalue weighted by atomic mass is 9.93. The number of nitrogen functional groups attached to an aromatic ring is 1. The molecule has 1 aromatic rings. The van der Waals surface area contributed by atoms with Gasteiger partial charge in [0.05, 0.1) is 18.7 Å². The SMILES string of the molecule is CCCC(C(=O)O)c1cccc(OC)c1N. The maximum atomic E-state index is 11.1. The fourth-order valence-electron chi connectivity index (χ4n) is 1.74. The van der Waals surface area contributed by atoms with Crippen LogP contribution in [0.5, 0.6) is 5.75 Å². The molecule has 0 aliphatic carbocycles. The van der Waals surface area contributed by atoms with Crippen LogP contribution in [0.1, 0.15) is 31.2 Å². The Kier molecular flexibility index (Phi) is 4.17. The van der Waals surface area contributed by atoms with Gasteiger partial charge >= 0.3 is 5.97 Å². The van der Waals surface area contributed by atoms with Crippen molar-refractivity contribution in [2.75, 3.05) is 12.8 Å². The molecule has 0 aliphatic heterocycles. The molecule has 0 saturated carbocycles. The maximum Gasteiger partial charge on any atom is 0.311 e. The Balaban J connectivity index is 3.13. The van der Waals surface area contributed by atoms with E-state index >= 15 is 0 Å². The summed E-state index contributed by atoms with van der Waals surface area (Å²) in [6.45, 7) is 1.95. The summed E-state index contributed by atoms with van der Waals surface area (Å²) in [5, 5.41) is 9.15. The number of nitrogens with two attached hydrogens (primary N) is 1. The summed E-state index contributed by atoms with van der Waals surface area (Å²) >= 11 is 0. The van der Waals surface area contributed by atoms with E-state index in [1.165, 1.54) is 7.11 Å². The number of ether oxygens (including phenoxy) is 1. The zero-order valence-electron chi connectivity index (χ0n) is 9.56. The summed E-state index contributed by atoms with van der Waals surface area (Å²) in [5.41, 5.74) is 6.93. The first-order valence-corrected chi connectivity index (χ1v) is 5.27. The van der Waals surface area contributed by atoms with Crippen LogP contribution in [0.25, 0.3) is 0 Å². The molecule has 0 radical (unpaired) electrons. The number of para-hydroxylation sites is 1. The second-order valence-corrected chi connectivity index (χ2v) is 3.64. The molecule has 0 amide bonds. The molecule has 1 aromatic carbocycles. The van der Waals surface area contributed by atoms with Crippen LogP contribution in [-0.4, -0.2) is 18.2 Å². The topological polar surface area (TPSA) is 72.5 Å². The average Bonchev–Trinajstić information content (AvgIpc) is 2.26. The van der Waals surface area contributed by atoms with Crippen LogP contribution in [0.4, 0.5) is 5.69 Å². The summed E-state index contributed by atoms with van der Waals surface area (Å²) in [6.07, 6.45) is 1.38. The van der Waals surface area contributed by atoms with Crippen LogP contribution in [0, 0.1) is 0 Å². The Hall–Kier alpha value is -1.71. The molecule has 0 saturated heterocycles. The van der Waals surface area contributed by atoms with Crippen molar-refractivity contribution in [3.05, 3.63) is 23.8 Å². The highest BCUT2D eigenvalue weighted by molar-refractivity contribution is 5.79. The lowest BCUT2D eigenvalue weighted by Crippen LogP contribution is -2.13. The van der Waals surface area contributed by atoms with Crippen molar-refractivity contribution < 1.29 is 14.6 Å². The zero-order chi connectivity index (χ0) is 12.1. The average molecular weight is 223 g/mol. The monoisotopic (exact) mass is 223 g/mol. The highest BCUT2D eigenvalue weighted by atomic mass is 16.5. The Bertz CT molecular complexity index is 377. The van der Waals surface area contributed by atoms with E-state index in [9.17, 15) is 4.79 Å². The van der Waals surface area contributed by atoms with Crippen LogP contribution in [0.2, 0.25) is 0 Å². The number of carboxylic acids is 1. The Labute approximate surface area is 95.0 Å². The first-order chi connectivity index (χ1) is 7.61. The Morgan fingerprint density at radius 1 is 1.56 bits per heavy atom. The molecule has 3 N–H and O–H groups in total. The van der Waals surface area contributed by atoms with Crippen molar-refractivity contribution >= 4 is 11.7 Å². The van der Waals surface area contributed by atoms with Gasteiger partial charge in [-0.05, 0) is 18.1 Å². The molecule has 4 heteroatoms. The highest BCUT2D eigenvalue weighted by Gasteiger charge is 2.22. The summed E-state index contributed by atoms with van der Waals surface area (Å²) < 4.78 is 5.08. The van der Waals surface area contributed by atoms with E-state index in [0.717, 1.165) is 6.42 Å². The van der Waals surface area contributed by atoms with Gasteiger partial charge in [0.25, 0.3) is 0 Å². The Morgan fingerprint density at radius 3 is 2.75 bits per heavy atom. The molecule has 4 nitrogen and oxygen atoms in total. The van der Waals surface area contributed by atoms with Gasteiger partial charge < -0.3 is 15.6 Å². The summed E-state index contributed by atoms with van der Waals surface area (Å²) in [4.78, 5) is 11.1. The minimum absolute atomic E-state index is 0.422. The molecule has 0 aromatic heterocycles. The number of carboxylic acid groups (broad SMARTS) is 1. The molecule has 1 unspecified atom stereocenters.